The van der Waals surface area contributed by atoms with Crippen molar-refractivity contribution in [3.63, 3.8) is 0 Å². The van der Waals surface area contributed by atoms with Crippen molar-refractivity contribution in [2.45, 2.75) is 59.9 Å². The summed E-state index contributed by atoms with van der Waals surface area (Å²) in [7, 11) is 0. The number of nitrogens with zero attached hydrogens (tertiary/aromatic N) is 1. The van der Waals surface area contributed by atoms with Crippen molar-refractivity contribution >= 4 is 0 Å². The van der Waals surface area contributed by atoms with Crippen molar-refractivity contribution in [2.24, 2.45) is 5.41 Å². The number of aromatic nitrogens is 1. The van der Waals surface area contributed by atoms with Gasteiger partial charge in [-0.1, -0.05) is 41.5 Å². The lowest BCUT2D eigenvalue weighted by Gasteiger charge is -2.19. The summed E-state index contributed by atoms with van der Waals surface area (Å²) in [5.74, 6) is 0. The molecule has 0 N–H and O–H groups in total. The molecule has 1 nitrogen and oxygen atoms in total. The second-order valence-corrected chi connectivity index (χ2v) is 6.70. The molecule has 0 fully saturated rings. The molecule has 0 aromatic carbocycles. The molecule has 86 valence electrons. The summed E-state index contributed by atoms with van der Waals surface area (Å²) >= 11 is 0. The second-order valence-electron chi connectivity index (χ2n) is 6.70. The third-order valence-electron chi connectivity index (χ3n) is 2.74. The van der Waals surface area contributed by atoms with E-state index >= 15 is 0 Å². The van der Waals surface area contributed by atoms with E-state index in [-0.39, 0.29) is 5.41 Å². The Labute approximate surface area is 94.5 Å². The minimum atomic E-state index is 0.271. The molecular weight excluding hydrogens is 182 g/mol. The van der Waals surface area contributed by atoms with Crippen LogP contribution in [0.2, 0.25) is 0 Å². The van der Waals surface area contributed by atoms with Crippen LogP contribution in [-0.4, -0.2) is 4.57 Å². The first-order valence-corrected chi connectivity index (χ1v) is 5.85. The van der Waals surface area contributed by atoms with E-state index in [2.05, 4.69) is 64.6 Å². The van der Waals surface area contributed by atoms with Crippen molar-refractivity contribution in [2.75, 3.05) is 0 Å². The molecule has 15 heavy (non-hydrogen) atoms. The zero-order valence-corrected chi connectivity index (χ0v) is 11.1. The molecule has 0 atom stereocenters. The van der Waals surface area contributed by atoms with Gasteiger partial charge in [0, 0.05) is 18.9 Å². The van der Waals surface area contributed by atoms with Crippen LogP contribution in [0, 0.1) is 5.41 Å². The van der Waals surface area contributed by atoms with Crippen molar-refractivity contribution in [3.8, 4) is 0 Å². The first-order valence-electron chi connectivity index (χ1n) is 5.85. The average molecular weight is 207 g/mol. The molecule has 0 amide bonds. The van der Waals surface area contributed by atoms with Crippen LogP contribution in [0.1, 0.15) is 53.5 Å². The minimum Gasteiger partial charge on any atom is -0.354 e. The van der Waals surface area contributed by atoms with E-state index in [1.165, 1.54) is 12.0 Å². The Morgan fingerprint density at radius 2 is 1.67 bits per heavy atom. The second kappa shape index (κ2) is 4.03. The normalized spacial score (nSPS) is 13.2. The molecule has 0 saturated carbocycles. The maximum atomic E-state index is 2.31. The average Bonchev–Trinajstić information content (AvgIpc) is 2.45. The van der Waals surface area contributed by atoms with E-state index in [0.717, 1.165) is 6.54 Å². The van der Waals surface area contributed by atoms with E-state index in [1.807, 2.05) is 0 Å². The van der Waals surface area contributed by atoms with Gasteiger partial charge in [0.25, 0.3) is 0 Å². The quantitative estimate of drug-likeness (QED) is 0.684. The zero-order valence-electron chi connectivity index (χ0n) is 11.1. The van der Waals surface area contributed by atoms with Crippen LogP contribution in [0.3, 0.4) is 0 Å². The van der Waals surface area contributed by atoms with Gasteiger partial charge in [0.2, 0.25) is 0 Å². The van der Waals surface area contributed by atoms with Crippen LogP contribution >= 0.6 is 0 Å². The summed E-state index contributed by atoms with van der Waals surface area (Å²) in [4.78, 5) is 0. The Balaban J connectivity index is 2.62. The highest BCUT2D eigenvalue weighted by atomic mass is 14.9. The first kappa shape index (κ1) is 12.4. The van der Waals surface area contributed by atoms with E-state index < -0.39 is 0 Å². The van der Waals surface area contributed by atoms with Gasteiger partial charge in [-0.05, 0) is 28.9 Å². The summed E-state index contributed by atoms with van der Waals surface area (Å²) in [5, 5.41) is 0. The van der Waals surface area contributed by atoms with Gasteiger partial charge in [0.1, 0.15) is 0 Å². The first-order chi connectivity index (χ1) is 6.68. The van der Waals surface area contributed by atoms with Gasteiger partial charge in [0.05, 0.1) is 0 Å². The van der Waals surface area contributed by atoms with Gasteiger partial charge in [-0.3, -0.25) is 0 Å². The standard InChI is InChI=1S/C14H25N/c1-13(2,3)8-10-15-9-7-12(11-15)14(4,5)6/h7,9,11H,8,10H2,1-6H3. The van der Waals surface area contributed by atoms with Gasteiger partial charge in [-0.15, -0.1) is 0 Å². The Hall–Kier alpha value is -0.720. The molecule has 1 heteroatoms. The highest BCUT2D eigenvalue weighted by Crippen LogP contribution is 2.24. The van der Waals surface area contributed by atoms with Crippen molar-refractivity contribution in [1.82, 2.24) is 4.57 Å². The molecular formula is C14H25N. The predicted molar refractivity (Wildman–Crippen MR) is 67.2 cm³/mol. The maximum Gasteiger partial charge on any atom is 0.0224 e. The van der Waals surface area contributed by atoms with E-state index in [4.69, 9.17) is 0 Å². The molecule has 1 aromatic rings. The summed E-state index contributed by atoms with van der Waals surface area (Å²) in [5.41, 5.74) is 2.12. The SMILES string of the molecule is CC(C)(C)CCn1ccc(C(C)(C)C)c1. The Morgan fingerprint density at radius 3 is 2.07 bits per heavy atom. The molecule has 0 spiro atoms. The fourth-order valence-corrected chi connectivity index (χ4v) is 1.49. The number of hydrogen-bond donors (Lipinski definition) is 0. The topological polar surface area (TPSA) is 4.93 Å². The zero-order chi connectivity index (χ0) is 11.7. The predicted octanol–water partition coefficient (Wildman–Crippen LogP) is 4.22. The molecule has 1 heterocycles. The van der Waals surface area contributed by atoms with Crippen molar-refractivity contribution in [3.05, 3.63) is 24.0 Å². The fraction of sp³-hybridized carbons (Fsp3) is 0.714. The lowest BCUT2D eigenvalue weighted by molar-refractivity contribution is 0.350. The molecule has 0 aliphatic heterocycles. The van der Waals surface area contributed by atoms with Crippen molar-refractivity contribution < 1.29 is 0 Å². The van der Waals surface area contributed by atoms with Crippen LogP contribution in [0.25, 0.3) is 0 Å². The largest absolute Gasteiger partial charge is 0.354 e. The Bertz CT molecular complexity index is 307. The molecule has 0 saturated heterocycles. The highest BCUT2D eigenvalue weighted by Gasteiger charge is 2.15. The molecule has 0 unspecified atom stereocenters. The van der Waals surface area contributed by atoms with Crippen LogP contribution in [0.4, 0.5) is 0 Å². The van der Waals surface area contributed by atoms with Gasteiger partial charge in [0.15, 0.2) is 0 Å². The number of hydrogen-bond acceptors (Lipinski definition) is 0. The lowest BCUT2D eigenvalue weighted by Crippen LogP contribution is -2.11. The van der Waals surface area contributed by atoms with Crippen LogP contribution in [0.5, 0.6) is 0 Å². The molecule has 0 bridgehead atoms. The Kier molecular flexibility index (Phi) is 3.32. The third-order valence-corrected chi connectivity index (χ3v) is 2.74. The van der Waals surface area contributed by atoms with E-state index in [0.29, 0.717) is 5.41 Å². The maximum absolute atomic E-state index is 2.31. The van der Waals surface area contributed by atoms with Crippen molar-refractivity contribution in [1.29, 1.82) is 0 Å². The monoisotopic (exact) mass is 207 g/mol. The number of rotatable bonds is 2. The summed E-state index contributed by atoms with van der Waals surface area (Å²) < 4.78 is 2.31. The summed E-state index contributed by atoms with van der Waals surface area (Å²) in [6.07, 6.45) is 5.71. The fourth-order valence-electron chi connectivity index (χ4n) is 1.49. The van der Waals surface area contributed by atoms with Gasteiger partial charge < -0.3 is 4.57 Å². The molecule has 0 radical (unpaired) electrons. The lowest BCUT2D eigenvalue weighted by atomic mass is 9.89. The highest BCUT2D eigenvalue weighted by molar-refractivity contribution is 5.19. The Morgan fingerprint density at radius 1 is 1.07 bits per heavy atom. The van der Waals surface area contributed by atoms with E-state index in [1.54, 1.807) is 0 Å². The van der Waals surface area contributed by atoms with Gasteiger partial charge in [-0.2, -0.15) is 0 Å². The molecule has 0 aliphatic carbocycles. The third kappa shape index (κ3) is 4.11. The molecule has 0 aliphatic rings. The molecule has 1 aromatic heterocycles. The van der Waals surface area contributed by atoms with Crippen LogP contribution in [-0.2, 0) is 12.0 Å². The molecule has 1 rings (SSSR count). The smallest absolute Gasteiger partial charge is 0.0224 e. The van der Waals surface area contributed by atoms with Crippen LogP contribution in [0.15, 0.2) is 18.5 Å². The van der Waals surface area contributed by atoms with Gasteiger partial charge >= 0.3 is 0 Å². The minimum absolute atomic E-state index is 0.271. The van der Waals surface area contributed by atoms with Gasteiger partial charge in [-0.25, -0.2) is 0 Å². The number of aryl methyl sites for hydroxylation is 1. The van der Waals surface area contributed by atoms with Crippen LogP contribution < -0.4 is 0 Å². The summed E-state index contributed by atoms with van der Waals surface area (Å²) in [6.45, 7) is 14.8. The summed E-state index contributed by atoms with van der Waals surface area (Å²) in [6, 6.07) is 2.24. The van der Waals surface area contributed by atoms with E-state index in [9.17, 15) is 0 Å².